The molecule has 2 fully saturated rings. The molecule has 0 spiro atoms. The predicted octanol–water partition coefficient (Wildman–Crippen LogP) is 3.99. The highest BCUT2D eigenvalue weighted by atomic mass is 32.1. The molecule has 0 unspecified atom stereocenters. The van der Waals surface area contributed by atoms with Gasteiger partial charge in [-0.15, -0.1) is 21.5 Å². The maximum atomic E-state index is 12.3. The van der Waals surface area contributed by atoms with Gasteiger partial charge < -0.3 is 9.73 Å². The number of nitrogens with zero attached hydrogens (tertiary/aromatic N) is 2. The number of hydrogen-bond donors (Lipinski definition) is 1. The van der Waals surface area contributed by atoms with E-state index in [4.69, 9.17) is 4.42 Å². The molecular weight excluding hydrogens is 310 g/mol. The fourth-order valence-corrected chi connectivity index (χ4v) is 4.23. The third-order valence-electron chi connectivity index (χ3n) is 4.70. The Morgan fingerprint density at radius 3 is 2.78 bits per heavy atom. The van der Waals surface area contributed by atoms with Crippen LogP contribution in [0, 0.1) is 0 Å². The third-order valence-corrected chi connectivity index (χ3v) is 5.79. The van der Waals surface area contributed by atoms with Gasteiger partial charge in [-0.05, 0) is 37.7 Å². The van der Waals surface area contributed by atoms with Crippen molar-refractivity contribution in [1.82, 2.24) is 15.5 Å². The first-order valence-corrected chi connectivity index (χ1v) is 9.36. The molecule has 0 radical (unpaired) electrons. The normalized spacial score (nSPS) is 19.0. The largest absolute Gasteiger partial charge is 0.423 e. The Labute approximate surface area is 139 Å². The monoisotopic (exact) mass is 331 g/mol. The van der Waals surface area contributed by atoms with Crippen LogP contribution >= 0.6 is 11.3 Å². The first kappa shape index (κ1) is 14.9. The van der Waals surface area contributed by atoms with Gasteiger partial charge in [-0.1, -0.05) is 19.3 Å². The van der Waals surface area contributed by atoms with E-state index in [1.54, 1.807) is 11.3 Å². The molecule has 2 aromatic heterocycles. The zero-order valence-electron chi connectivity index (χ0n) is 13.1. The molecule has 5 nitrogen and oxygen atoms in total. The molecule has 0 saturated heterocycles. The molecule has 0 atom stereocenters. The molecule has 2 saturated carbocycles. The number of thiophene rings is 1. The summed E-state index contributed by atoms with van der Waals surface area (Å²) >= 11 is 1.71. The lowest BCUT2D eigenvalue weighted by molar-refractivity contribution is 0.0947. The van der Waals surface area contributed by atoms with Gasteiger partial charge in [-0.25, -0.2) is 0 Å². The lowest BCUT2D eigenvalue weighted by Gasteiger charge is -2.19. The summed E-state index contributed by atoms with van der Waals surface area (Å²) < 4.78 is 5.56. The van der Waals surface area contributed by atoms with Crippen LogP contribution in [-0.2, 0) is 6.54 Å². The molecule has 1 amide bonds. The molecule has 2 aromatic rings. The average molecular weight is 331 g/mol. The molecular formula is C17H21N3O2S. The van der Waals surface area contributed by atoms with Crippen LogP contribution < -0.4 is 5.32 Å². The van der Waals surface area contributed by atoms with E-state index >= 15 is 0 Å². The quantitative estimate of drug-likeness (QED) is 0.899. The van der Waals surface area contributed by atoms with Crippen LogP contribution in [0.25, 0.3) is 0 Å². The molecule has 23 heavy (non-hydrogen) atoms. The minimum atomic E-state index is -0.0607. The van der Waals surface area contributed by atoms with E-state index in [1.807, 2.05) is 5.38 Å². The van der Waals surface area contributed by atoms with Crippen LogP contribution in [0.5, 0.6) is 0 Å². The molecule has 2 heterocycles. The second kappa shape index (κ2) is 6.43. The summed E-state index contributed by atoms with van der Waals surface area (Å²) in [4.78, 5) is 13.6. The Kier molecular flexibility index (Phi) is 4.16. The van der Waals surface area contributed by atoms with E-state index in [-0.39, 0.29) is 5.91 Å². The molecule has 6 heteroatoms. The van der Waals surface area contributed by atoms with Gasteiger partial charge in [-0.2, -0.15) is 0 Å². The Hall–Kier alpha value is -1.69. The maximum absolute atomic E-state index is 12.3. The van der Waals surface area contributed by atoms with E-state index in [0.717, 1.165) is 18.4 Å². The van der Waals surface area contributed by atoms with Crippen molar-refractivity contribution in [3.8, 4) is 0 Å². The fourth-order valence-electron chi connectivity index (χ4n) is 3.16. The summed E-state index contributed by atoms with van der Waals surface area (Å²) in [7, 11) is 0. The summed E-state index contributed by atoms with van der Waals surface area (Å²) in [6, 6.07) is 2.05. The van der Waals surface area contributed by atoms with Crippen LogP contribution in [0.2, 0.25) is 0 Å². The Bertz CT molecular complexity index is 684. The molecule has 0 bridgehead atoms. The standard InChI is InChI=1S/C17H21N3O2S/c21-16(18-9-15-19-20-17(22-15)12-6-7-12)13-8-14(23-10-13)11-4-2-1-3-5-11/h8,10-12H,1-7,9H2,(H,18,21). The van der Waals surface area contributed by atoms with E-state index in [1.165, 1.54) is 37.0 Å². The number of amides is 1. The average Bonchev–Trinajstić information content (AvgIpc) is 3.14. The first-order chi connectivity index (χ1) is 11.3. The van der Waals surface area contributed by atoms with Gasteiger partial charge in [0.2, 0.25) is 11.8 Å². The van der Waals surface area contributed by atoms with E-state index in [0.29, 0.717) is 30.2 Å². The molecule has 0 aromatic carbocycles. The first-order valence-electron chi connectivity index (χ1n) is 8.48. The summed E-state index contributed by atoms with van der Waals surface area (Å²) in [5, 5.41) is 12.9. The lowest BCUT2D eigenvalue weighted by Crippen LogP contribution is -2.22. The smallest absolute Gasteiger partial charge is 0.252 e. The van der Waals surface area contributed by atoms with Crippen molar-refractivity contribution in [2.24, 2.45) is 0 Å². The van der Waals surface area contributed by atoms with Gasteiger partial charge in [0, 0.05) is 16.2 Å². The summed E-state index contributed by atoms with van der Waals surface area (Å²) in [6.45, 7) is 0.299. The van der Waals surface area contributed by atoms with Crippen molar-refractivity contribution in [3.05, 3.63) is 33.7 Å². The van der Waals surface area contributed by atoms with Gasteiger partial charge in [0.25, 0.3) is 5.91 Å². The Balaban J connectivity index is 1.33. The molecule has 4 rings (SSSR count). The van der Waals surface area contributed by atoms with Crippen molar-refractivity contribution in [2.45, 2.75) is 63.3 Å². The number of hydrogen-bond acceptors (Lipinski definition) is 5. The number of carbonyl (C=O) groups excluding carboxylic acids is 1. The SMILES string of the molecule is O=C(NCc1nnc(C2CC2)o1)c1csc(C2CCCCC2)c1. The highest BCUT2D eigenvalue weighted by Crippen LogP contribution is 2.39. The third kappa shape index (κ3) is 3.47. The summed E-state index contributed by atoms with van der Waals surface area (Å²) in [5.74, 6) is 2.23. The van der Waals surface area contributed by atoms with Gasteiger partial charge in [0.05, 0.1) is 12.1 Å². The molecule has 2 aliphatic carbocycles. The van der Waals surface area contributed by atoms with Crippen LogP contribution in [0.15, 0.2) is 15.9 Å². The lowest BCUT2D eigenvalue weighted by atomic mass is 9.88. The molecule has 0 aliphatic heterocycles. The zero-order chi connectivity index (χ0) is 15.6. The summed E-state index contributed by atoms with van der Waals surface area (Å²) in [5.41, 5.74) is 0.748. The van der Waals surface area contributed by atoms with Crippen molar-refractivity contribution >= 4 is 17.2 Å². The zero-order valence-corrected chi connectivity index (χ0v) is 13.9. The Morgan fingerprint density at radius 1 is 1.17 bits per heavy atom. The number of rotatable bonds is 5. The van der Waals surface area contributed by atoms with Gasteiger partial charge >= 0.3 is 0 Å². The van der Waals surface area contributed by atoms with Crippen molar-refractivity contribution in [1.29, 1.82) is 0 Å². The van der Waals surface area contributed by atoms with Crippen molar-refractivity contribution in [3.63, 3.8) is 0 Å². The highest BCUT2D eigenvalue weighted by Gasteiger charge is 2.29. The van der Waals surface area contributed by atoms with Crippen LogP contribution in [0.1, 0.15) is 83.8 Å². The van der Waals surface area contributed by atoms with Crippen molar-refractivity contribution in [2.75, 3.05) is 0 Å². The Morgan fingerprint density at radius 2 is 2.00 bits per heavy atom. The van der Waals surface area contributed by atoms with Gasteiger partial charge in [-0.3, -0.25) is 4.79 Å². The van der Waals surface area contributed by atoms with Crippen LogP contribution in [0.3, 0.4) is 0 Å². The van der Waals surface area contributed by atoms with E-state index in [2.05, 4.69) is 21.6 Å². The van der Waals surface area contributed by atoms with Gasteiger partial charge in [0.1, 0.15) is 0 Å². The fraction of sp³-hybridized carbons (Fsp3) is 0.588. The number of carbonyl (C=O) groups is 1. The minimum absolute atomic E-state index is 0.0607. The number of aromatic nitrogens is 2. The van der Waals surface area contributed by atoms with Crippen LogP contribution in [0.4, 0.5) is 0 Å². The summed E-state index contributed by atoms with van der Waals surface area (Å²) in [6.07, 6.45) is 8.75. The van der Waals surface area contributed by atoms with Crippen molar-refractivity contribution < 1.29 is 9.21 Å². The second-order valence-corrected chi connectivity index (χ2v) is 7.51. The van der Waals surface area contributed by atoms with E-state index < -0.39 is 0 Å². The highest BCUT2D eigenvalue weighted by molar-refractivity contribution is 7.10. The predicted molar refractivity (Wildman–Crippen MR) is 87.6 cm³/mol. The molecule has 1 N–H and O–H groups in total. The van der Waals surface area contributed by atoms with Gasteiger partial charge in [0.15, 0.2) is 0 Å². The maximum Gasteiger partial charge on any atom is 0.252 e. The second-order valence-electron chi connectivity index (χ2n) is 6.56. The van der Waals surface area contributed by atoms with E-state index in [9.17, 15) is 4.79 Å². The topological polar surface area (TPSA) is 68.0 Å². The minimum Gasteiger partial charge on any atom is -0.423 e. The van der Waals surface area contributed by atoms with Crippen LogP contribution in [-0.4, -0.2) is 16.1 Å². The molecule has 122 valence electrons. The number of nitrogens with one attached hydrogen (secondary N) is 1. The molecule has 2 aliphatic rings.